The molecule has 1 aliphatic rings. The highest BCUT2D eigenvalue weighted by Gasteiger charge is 2.42. The minimum Gasteiger partial charge on any atom is -0.462 e. The van der Waals surface area contributed by atoms with Crippen LogP contribution < -0.4 is 0 Å². The number of ether oxygens (including phenoxy) is 2. The molecule has 0 aromatic rings. The van der Waals surface area contributed by atoms with Crippen LogP contribution in [0.25, 0.3) is 0 Å². The molecule has 1 rings (SSSR count). The first kappa shape index (κ1) is 9.46. The third-order valence-electron chi connectivity index (χ3n) is 1.31. The zero-order valence-corrected chi connectivity index (χ0v) is 8.08. The Bertz CT molecular complexity index is 175. The zero-order valence-electron chi connectivity index (χ0n) is 5.81. The second-order valence-corrected chi connectivity index (χ2v) is 4.60. The van der Waals surface area contributed by atoms with Crippen molar-refractivity contribution in [2.45, 2.75) is 23.1 Å². The maximum atomic E-state index is 5.51. The van der Waals surface area contributed by atoms with E-state index in [9.17, 15) is 0 Å². The monoisotopic (exact) mass is 216 g/mol. The second kappa shape index (κ2) is 3.02. The van der Waals surface area contributed by atoms with Crippen molar-refractivity contribution in [3.63, 3.8) is 0 Å². The van der Waals surface area contributed by atoms with Crippen LogP contribution in [-0.2, 0) is 9.47 Å². The maximum absolute atomic E-state index is 5.51. The van der Waals surface area contributed by atoms with Crippen LogP contribution in [0.4, 0.5) is 0 Å². The van der Waals surface area contributed by atoms with Crippen LogP contribution in [0, 0.1) is 0 Å². The first-order chi connectivity index (χ1) is 4.91. The molecule has 0 radical (unpaired) electrons. The number of alkyl halides is 3. The van der Waals surface area contributed by atoms with Crippen LogP contribution in [0.15, 0.2) is 12.3 Å². The third-order valence-corrected chi connectivity index (χ3v) is 1.84. The van der Waals surface area contributed by atoms with Crippen molar-refractivity contribution < 1.29 is 9.47 Å². The van der Waals surface area contributed by atoms with E-state index < -0.39 is 10.1 Å². The highest BCUT2D eigenvalue weighted by Crippen LogP contribution is 2.38. The first-order valence-corrected chi connectivity index (χ1v) is 4.12. The lowest BCUT2D eigenvalue weighted by Crippen LogP contribution is -2.26. The summed E-state index contributed by atoms with van der Waals surface area (Å²) in [6, 6.07) is 0. The van der Waals surface area contributed by atoms with Crippen molar-refractivity contribution in [2.75, 3.05) is 0 Å². The van der Waals surface area contributed by atoms with Gasteiger partial charge in [-0.3, -0.25) is 0 Å². The van der Waals surface area contributed by atoms with E-state index in [0.29, 0.717) is 5.76 Å². The predicted molar refractivity (Wildman–Crippen MR) is 44.9 cm³/mol. The molecule has 0 saturated carbocycles. The van der Waals surface area contributed by atoms with Crippen LogP contribution in [-0.4, -0.2) is 16.2 Å². The Morgan fingerprint density at radius 3 is 2.18 bits per heavy atom. The van der Waals surface area contributed by atoms with Gasteiger partial charge in [-0.25, -0.2) is 0 Å². The van der Waals surface area contributed by atoms with Crippen LogP contribution in [0.1, 0.15) is 6.92 Å². The highest BCUT2D eigenvalue weighted by molar-refractivity contribution is 6.67. The molecule has 64 valence electrons. The van der Waals surface area contributed by atoms with Crippen LogP contribution in [0.5, 0.6) is 0 Å². The summed E-state index contributed by atoms with van der Waals surface area (Å²) in [5, 5.41) is 0. The van der Waals surface area contributed by atoms with Gasteiger partial charge in [-0.05, 0) is 6.92 Å². The van der Waals surface area contributed by atoms with Gasteiger partial charge in [-0.1, -0.05) is 41.4 Å². The molecule has 11 heavy (non-hydrogen) atoms. The zero-order chi connectivity index (χ0) is 8.65. The average Bonchev–Trinajstić information content (AvgIpc) is 2.11. The molecule has 0 bridgehead atoms. The summed E-state index contributed by atoms with van der Waals surface area (Å²) >= 11 is 16.5. The van der Waals surface area contributed by atoms with E-state index in [1.165, 1.54) is 0 Å². The molecule has 0 aliphatic carbocycles. The van der Waals surface area contributed by atoms with E-state index in [0.717, 1.165) is 0 Å². The van der Waals surface area contributed by atoms with E-state index in [-0.39, 0.29) is 6.10 Å². The highest BCUT2D eigenvalue weighted by atomic mass is 35.6. The van der Waals surface area contributed by atoms with Crippen molar-refractivity contribution in [3.8, 4) is 0 Å². The maximum Gasteiger partial charge on any atom is 0.252 e. The third kappa shape index (κ3) is 2.15. The molecule has 2 nitrogen and oxygen atoms in total. The van der Waals surface area contributed by atoms with Crippen molar-refractivity contribution in [3.05, 3.63) is 12.3 Å². The average molecular weight is 217 g/mol. The summed E-state index contributed by atoms with van der Waals surface area (Å²) in [5.41, 5.74) is 0. The smallest absolute Gasteiger partial charge is 0.252 e. The Balaban J connectivity index is 2.61. The molecule has 1 fully saturated rings. The number of halogens is 3. The molecule has 0 aromatic carbocycles. The van der Waals surface area contributed by atoms with Gasteiger partial charge < -0.3 is 9.47 Å². The quantitative estimate of drug-likeness (QED) is 0.581. The summed E-state index contributed by atoms with van der Waals surface area (Å²) < 4.78 is 8.60. The Morgan fingerprint density at radius 1 is 1.45 bits per heavy atom. The Hall–Kier alpha value is 0.370. The van der Waals surface area contributed by atoms with Crippen LogP contribution in [0.3, 0.4) is 0 Å². The standard InChI is InChI=1S/C6H7Cl3O2/c1-3-4(2)11-5(10-3)6(7,8)9/h4-5H,1H2,2H3/t4-,5-/m1/s1. The summed E-state index contributed by atoms with van der Waals surface area (Å²) in [5.74, 6) is 0.487. The minimum atomic E-state index is -1.55. The molecule has 1 aliphatic heterocycles. The van der Waals surface area contributed by atoms with Gasteiger partial charge in [0.15, 0.2) is 0 Å². The number of hydrogen-bond acceptors (Lipinski definition) is 2. The lowest BCUT2D eigenvalue weighted by Gasteiger charge is -2.17. The van der Waals surface area contributed by atoms with Gasteiger partial charge in [0.2, 0.25) is 6.29 Å². The molecule has 0 unspecified atom stereocenters. The Morgan fingerprint density at radius 2 is 2.00 bits per heavy atom. The van der Waals surface area contributed by atoms with Crippen LogP contribution in [0.2, 0.25) is 0 Å². The van der Waals surface area contributed by atoms with Crippen molar-refractivity contribution >= 4 is 34.8 Å². The molecule has 0 spiro atoms. The normalized spacial score (nSPS) is 32.2. The SMILES string of the molecule is C=C1O[C@@H](C(Cl)(Cl)Cl)O[C@@H]1C. The van der Waals surface area contributed by atoms with Gasteiger partial charge in [-0.2, -0.15) is 0 Å². The lowest BCUT2D eigenvalue weighted by atomic mass is 10.4. The topological polar surface area (TPSA) is 18.5 Å². The summed E-state index contributed by atoms with van der Waals surface area (Å²) in [6.07, 6.45) is -1.05. The Labute approximate surface area is 80.0 Å². The summed E-state index contributed by atoms with van der Waals surface area (Å²) in [7, 11) is 0. The Kier molecular flexibility index (Phi) is 2.59. The first-order valence-electron chi connectivity index (χ1n) is 2.99. The van der Waals surface area contributed by atoms with E-state index in [1.54, 1.807) is 6.92 Å². The van der Waals surface area contributed by atoms with Crippen molar-refractivity contribution in [1.82, 2.24) is 0 Å². The van der Waals surface area contributed by atoms with E-state index in [4.69, 9.17) is 44.3 Å². The largest absolute Gasteiger partial charge is 0.462 e. The molecular weight excluding hydrogens is 210 g/mol. The molecule has 0 aromatic heterocycles. The van der Waals surface area contributed by atoms with Gasteiger partial charge in [-0.15, -0.1) is 0 Å². The van der Waals surface area contributed by atoms with Crippen molar-refractivity contribution in [2.24, 2.45) is 0 Å². The van der Waals surface area contributed by atoms with Crippen molar-refractivity contribution in [1.29, 1.82) is 0 Å². The lowest BCUT2D eigenvalue weighted by molar-refractivity contribution is -0.0449. The van der Waals surface area contributed by atoms with Gasteiger partial charge in [0.25, 0.3) is 3.79 Å². The van der Waals surface area contributed by atoms with Crippen LogP contribution >= 0.6 is 34.8 Å². The molecule has 0 amide bonds. The molecular formula is C6H7Cl3O2. The van der Waals surface area contributed by atoms with E-state index >= 15 is 0 Å². The fourth-order valence-electron chi connectivity index (χ4n) is 0.666. The molecule has 5 heteroatoms. The fraction of sp³-hybridized carbons (Fsp3) is 0.667. The molecule has 0 N–H and O–H groups in total. The second-order valence-electron chi connectivity index (χ2n) is 2.24. The fourth-order valence-corrected chi connectivity index (χ4v) is 0.954. The predicted octanol–water partition coefficient (Wildman–Crippen LogP) is 2.63. The van der Waals surface area contributed by atoms with Gasteiger partial charge in [0, 0.05) is 0 Å². The van der Waals surface area contributed by atoms with Gasteiger partial charge >= 0.3 is 0 Å². The van der Waals surface area contributed by atoms with E-state index in [2.05, 4.69) is 6.58 Å². The number of rotatable bonds is 0. The summed E-state index contributed by atoms with van der Waals surface area (Å²) in [4.78, 5) is 0. The van der Waals surface area contributed by atoms with Gasteiger partial charge in [0.1, 0.15) is 11.9 Å². The minimum absolute atomic E-state index is 0.212. The van der Waals surface area contributed by atoms with Gasteiger partial charge in [0.05, 0.1) is 0 Å². The molecule has 1 heterocycles. The number of hydrogen-bond donors (Lipinski definition) is 0. The summed E-state index contributed by atoms with van der Waals surface area (Å²) in [6.45, 7) is 5.35. The molecule has 1 saturated heterocycles. The van der Waals surface area contributed by atoms with E-state index in [1.807, 2.05) is 0 Å². The molecule has 2 atom stereocenters.